The fourth-order valence-corrected chi connectivity index (χ4v) is 1.72. The van der Waals surface area contributed by atoms with Crippen LogP contribution in [0, 0.1) is 0 Å². The number of imide groups is 1. The van der Waals surface area contributed by atoms with Crippen LogP contribution in [0.1, 0.15) is 12.5 Å². The summed E-state index contributed by atoms with van der Waals surface area (Å²) < 4.78 is 43.4. The van der Waals surface area contributed by atoms with Crippen molar-refractivity contribution in [3.05, 3.63) is 29.8 Å². The summed E-state index contributed by atoms with van der Waals surface area (Å²) in [7, 11) is 2.34. The molecule has 1 aromatic rings. The summed E-state index contributed by atoms with van der Waals surface area (Å²) in [5.74, 6) is -2.04. The first kappa shape index (κ1) is 20.9. The number of para-hydroxylation sites is 1. The van der Waals surface area contributed by atoms with Crippen molar-refractivity contribution in [2.75, 3.05) is 14.2 Å². The molecule has 0 saturated heterocycles. The Bertz CT molecular complexity index is 691. The highest BCUT2D eigenvalue weighted by atomic mass is 19.3. The lowest BCUT2D eigenvalue weighted by Gasteiger charge is -2.12. The topological polar surface area (TPSA) is 100 Å². The van der Waals surface area contributed by atoms with E-state index >= 15 is 0 Å². The van der Waals surface area contributed by atoms with Gasteiger partial charge in [-0.25, -0.2) is 9.59 Å². The predicted molar refractivity (Wildman–Crippen MR) is 84.8 cm³/mol. The minimum atomic E-state index is -3.09. The first-order valence-electron chi connectivity index (χ1n) is 7.17. The summed E-state index contributed by atoms with van der Waals surface area (Å²) in [6.07, 6.45) is -0.213. The number of carbonyl (C=O) groups is 3. The van der Waals surface area contributed by atoms with Gasteiger partial charge in [0, 0.05) is 11.6 Å². The molecule has 0 aliphatic rings. The van der Waals surface area contributed by atoms with Gasteiger partial charge in [0.2, 0.25) is 0 Å². The SMILES string of the molecule is COC(=O)NC(=O)[C@H](C)OC(=O)/C=C/c1cccc(OC)c1OC(F)F. The van der Waals surface area contributed by atoms with Gasteiger partial charge < -0.3 is 18.9 Å². The van der Waals surface area contributed by atoms with Crippen LogP contribution < -0.4 is 14.8 Å². The van der Waals surface area contributed by atoms with Crippen molar-refractivity contribution in [3.63, 3.8) is 0 Å². The summed E-state index contributed by atoms with van der Waals surface area (Å²) in [6, 6.07) is 4.33. The van der Waals surface area contributed by atoms with Crippen LogP contribution in [0.25, 0.3) is 6.08 Å². The Kier molecular flexibility index (Phi) is 8.00. The van der Waals surface area contributed by atoms with E-state index in [2.05, 4.69) is 9.47 Å². The zero-order valence-corrected chi connectivity index (χ0v) is 14.2. The lowest BCUT2D eigenvalue weighted by atomic mass is 10.1. The Balaban J connectivity index is 2.82. The van der Waals surface area contributed by atoms with Gasteiger partial charge in [-0.15, -0.1) is 0 Å². The minimum absolute atomic E-state index is 0.0478. The third-order valence-corrected chi connectivity index (χ3v) is 2.91. The number of rotatable bonds is 7. The first-order chi connectivity index (χ1) is 12.3. The van der Waals surface area contributed by atoms with E-state index in [1.165, 1.54) is 32.2 Å². The van der Waals surface area contributed by atoms with E-state index in [9.17, 15) is 23.2 Å². The number of esters is 1. The fraction of sp³-hybridized carbons (Fsp3) is 0.312. The normalized spacial score (nSPS) is 11.8. The summed E-state index contributed by atoms with van der Waals surface area (Å²) in [6.45, 7) is -1.85. The molecule has 1 atom stereocenters. The van der Waals surface area contributed by atoms with Gasteiger partial charge in [0.1, 0.15) is 0 Å². The molecule has 0 aromatic heterocycles. The number of nitrogens with one attached hydrogen (secondary N) is 1. The highest BCUT2D eigenvalue weighted by molar-refractivity contribution is 5.96. The van der Waals surface area contributed by atoms with E-state index in [-0.39, 0.29) is 17.1 Å². The Morgan fingerprint density at radius 3 is 2.46 bits per heavy atom. The molecule has 1 N–H and O–H groups in total. The lowest BCUT2D eigenvalue weighted by Crippen LogP contribution is -2.39. The van der Waals surface area contributed by atoms with Crippen LogP contribution in [-0.4, -0.2) is 44.9 Å². The zero-order valence-electron chi connectivity index (χ0n) is 14.2. The second kappa shape index (κ2) is 9.97. The Morgan fingerprint density at radius 2 is 1.88 bits per heavy atom. The summed E-state index contributed by atoms with van der Waals surface area (Å²) in [4.78, 5) is 34.2. The number of ether oxygens (including phenoxy) is 4. The van der Waals surface area contributed by atoms with Crippen LogP contribution in [0.15, 0.2) is 24.3 Å². The van der Waals surface area contributed by atoms with Crippen molar-refractivity contribution in [1.82, 2.24) is 5.32 Å². The maximum Gasteiger partial charge on any atom is 0.413 e. The molecular formula is C16H17F2NO7. The Hall–Kier alpha value is -3.17. The predicted octanol–water partition coefficient (Wildman–Crippen LogP) is 2.12. The highest BCUT2D eigenvalue weighted by Gasteiger charge is 2.19. The largest absolute Gasteiger partial charge is 0.493 e. The molecule has 2 amide bonds. The second-order valence-corrected chi connectivity index (χ2v) is 4.65. The quantitative estimate of drug-likeness (QED) is 0.577. The molecule has 0 aliphatic heterocycles. The van der Waals surface area contributed by atoms with Gasteiger partial charge in [0.25, 0.3) is 5.91 Å². The molecule has 1 aromatic carbocycles. The Morgan fingerprint density at radius 1 is 1.19 bits per heavy atom. The van der Waals surface area contributed by atoms with E-state index in [1.54, 1.807) is 0 Å². The minimum Gasteiger partial charge on any atom is -0.493 e. The average molecular weight is 373 g/mol. The molecule has 142 valence electrons. The molecule has 0 saturated carbocycles. The van der Waals surface area contributed by atoms with Gasteiger partial charge in [0.05, 0.1) is 14.2 Å². The fourth-order valence-electron chi connectivity index (χ4n) is 1.72. The molecule has 0 radical (unpaired) electrons. The van der Waals surface area contributed by atoms with Crippen LogP contribution in [0.4, 0.5) is 13.6 Å². The second-order valence-electron chi connectivity index (χ2n) is 4.65. The number of benzene rings is 1. The number of methoxy groups -OCH3 is 2. The van der Waals surface area contributed by atoms with E-state index < -0.39 is 30.7 Å². The van der Waals surface area contributed by atoms with Gasteiger partial charge in [-0.05, 0) is 19.1 Å². The number of alkyl carbamates (subject to hydrolysis) is 1. The van der Waals surface area contributed by atoms with E-state index in [0.29, 0.717) is 0 Å². The summed E-state index contributed by atoms with van der Waals surface area (Å²) >= 11 is 0. The van der Waals surface area contributed by atoms with E-state index in [4.69, 9.17) is 9.47 Å². The molecule has 10 heteroatoms. The third-order valence-electron chi connectivity index (χ3n) is 2.91. The van der Waals surface area contributed by atoms with Crippen LogP contribution in [-0.2, 0) is 19.1 Å². The Labute approximate surface area is 147 Å². The number of amides is 2. The van der Waals surface area contributed by atoms with Crippen molar-refractivity contribution < 1.29 is 42.1 Å². The van der Waals surface area contributed by atoms with Gasteiger partial charge in [-0.1, -0.05) is 12.1 Å². The number of carbonyl (C=O) groups excluding carboxylic acids is 3. The molecule has 1 rings (SSSR count). The van der Waals surface area contributed by atoms with Gasteiger partial charge in [0.15, 0.2) is 17.6 Å². The van der Waals surface area contributed by atoms with Crippen molar-refractivity contribution in [2.45, 2.75) is 19.6 Å². The van der Waals surface area contributed by atoms with E-state index in [0.717, 1.165) is 19.3 Å². The molecular weight excluding hydrogens is 356 g/mol. The molecule has 0 fully saturated rings. The monoisotopic (exact) mass is 373 g/mol. The standard InChI is InChI=1S/C16H17F2NO7/c1-9(14(21)19-16(22)24-3)25-12(20)8-7-10-5-4-6-11(23-2)13(10)26-15(17)18/h4-9,15H,1-3H3,(H,19,21,22)/b8-7+/t9-/m0/s1. The van der Waals surface area contributed by atoms with Crippen LogP contribution >= 0.6 is 0 Å². The van der Waals surface area contributed by atoms with Crippen LogP contribution in [0.5, 0.6) is 11.5 Å². The molecule has 8 nitrogen and oxygen atoms in total. The highest BCUT2D eigenvalue weighted by Crippen LogP contribution is 2.33. The first-order valence-corrected chi connectivity index (χ1v) is 7.17. The molecule has 0 spiro atoms. The molecule has 0 aliphatic carbocycles. The number of hydrogen-bond donors (Lipinski definition) is 1. The van der Waals surface area contributed by atoms with Gasteiger partial charge in [-0.3, -0.25) is 10.1 Å². The number of alkyl halides is 2. The zero-order chi connectivity index (χ0) is 19.7. The number of hydrogen-bond acceptors (Lipinski definition) is 7. The van der Waals surface area contributed by atoms with Crippen LogP contribution in [0.3, 0.4) is 0 Å². The summed E-state index contributed by atoms with van der Waals surface area (Å²) in [5.41, 5.74) is 0.133. The molecule has 0 heterocycles. The molecule has 0 bridgehead atoms. The van der Waals surface area contributed by atoms with Crippen molar-refractivity contribution in [2.24, 2.45) is 0 Å². The summed E-state index contributed by atoms with van der Waals surface area (Å²) in [5, 5.41) is 1.83. The third kappa shape index (κ3) is 6.38. The van der Waals surface area contributed by atoms with Crippen molar-refractivity contribution >= 4 is 24.0 Å². The molecule has 0 unspecified atom stereocenters. The van der Waals surface area contributed by atoms with Crippen molar-refractivity contribution in [1.29, 1.82) is 0 Å². The maximum atomic E-state index is 12.5. The van der Waals surface area contributed by atoms with E-state index in [1.807, 2.05) is 5.32 Å². The maximum absolute atomic E-state index is 12.5. The average Bonchev–Trinajstić information content (AvgIpc) is 2.59. The molecule has 26 heavy (non-hydrogen) atoms. The van der Waals surface area contributed by atoms with Gasteiger partial charge >= 0.3 is 18.7 Å². The smallest absolute Gasteiger partial charge is 0.413 e. The number of halogens is 2. The van der Waals surface area contributed by atoms with Crippen molar-refractivity contribution in [3.8, 4) is 11.5 Å². The van der Waals surface area contributed by atoms with Gasteiger partial charge in [-0.2, -0.15) is 8.78 Å². The van der Waals surface area contributed by atoms with Crippen LogP contribution in [0.2, 0.25) is 0 Å². The lowest BCUT2D eigenvalue weighted by molar-refractivity contribution is -0.149.